The Morgan fingerprint density at radius 2 is 1.81 bits per heavy atom. The molecule has 0 atom stereocenters. The summed E-state index contributed by atoms with van der Waals surface area (Å²) in [5, 5.41) is 22.4. The predicted octanol–water partition coefficient (Wildman–Crippen LogP) is 6.16. The Hall–Kier alpha value is -3.79. The van der Waals surface area contributed by atoms with Crippen LogP contribution in [0.4, 0.5) is 0 Å². The van der Waals surface area contributed by atoms with E-state index in [1.165, 1.54) is 41.2 Å². The molecule has 2 N–H and O–H groups in total. The van der Waals surface area contributed by atoms with Gasteiger partial charge in [0.15, 0.2) is 22.4 Å². The van der Waals surface area contributed by atoms with E-state index in [2.05, 4.69) is 0 Å². The van der Waals surface area contributed by atoms with E-state index in [1.54, 1.807) is 30.3 Å². The molecule has 5 aromatic rings. The van der Waals surface area contributed by atoms with Crippen LogP contribution in [0.3, 0.4) is 0 Å². The van der Waals surface area contributed by atoms with Gasteiger partial charge in [-0.3, -0.25) is 14.2 Å². The SMILES string of the molecule is COc1ccccc1-n1c(SCC(=O)c2ccc(O)c(O)c2)nc2scc(-c3ccccc3Cl)c2c1=O. The standard InChI is InChI=1S/C27H19ClN2O5S2/c1-35-23-9-5-4-8-19(23)30-26(34)24-17(16-6-2-3-7-18(16)28)13-36-25(24)29-27(30)37-14-22(33)15-10-11-20(31)21(32)12-15/h2-13,31-32H,14H2,1H3. The molecule has 10 heteroatoms. The lowest BCUT2D eigenvalue weighted by Gasteiger charge is -2.15. The number of fused-ring (bicyclic) bond motifs is 1. The van der Waals surface area contributed by atoms with Crippen molar-refractivity contribution in [3.8, 4) is 34.1 Å². The third kappa shape index (κ3) is 4.69. The number of hydrogen-bond donors (Lipinski definition) is 2. The lowest BCUT2D eigenvalue weighted by atomic mass is 10.1. The number of thioether (sulfide) groups is 1. The molecule has 2 heterocycles. The number of Topliss-reactive ketones (excluding diaryl/α,β-unsaturated/α-hetero) is 1. The van der Waals surface area contributed by atoms with E-state index in [4.69, 9.17) is 21.3 Å². The summed E-state index contributed by atoms with van der Waals surface area (Å²) < 4.78 is 6.97. The zero-order chi connectivity index (χ0) is 26.1. The molecule has 0 aliphatic heterocycles. The first-order valence-corrected chi connectivity index (χ1v) is 13.2. The Kier molecular flexibility index (Phi) is 6.92. The number of hydrogen-bond acceptors (Lipinski definition) is 8. The van der Waals surface area contributed by atoms with Gasteiger partial charge in [0, 0.05) is 27.1 Å². The molecule has 186 valence electrons. The Morgan fingerprint density at radius 3 is 2.57 bits per heavy atom. The van der Waals surface area contributed by atoms with Gasteiger partial charge < -0.3 is 14.9 Å². The number of ether oxygens (including phenoxy) is 1. The average Bonchev–Trinajstić information content (AvgIpc) is 3.33. The second-order valence-corrected chi connectivity index (χ2v) is 10.1. The molecule has 0 aliphatic carbocycles. The Labute approximate surface area is 224 Å². The summed E-state index contributed by atoms with van der Waals surface area (Å²) in [7, 11) is 1.52. The van der Waals surface area contributed by atoms with Crippen molar-refractivity contribution >= 4 is 50.7 Å². The number of thiophene rings is 1. The molecule has 5 rings (SSSR count). The number of rotatable bonds is 7. The first kappa shape index (κ1) is 24.9. The van der Waals surface area contributed by atoms with Crippen LogP contribution in [0.2, 0.25) is 5.02 Å². The first-order chi connectivity index (χ1) is 17.9. The zero-order valence-electron chi connectivity index (χ0n) is 19.3. The van der Waals surface area contributed by atoms with Gasteiger partial charge in [0.1, 0.15) is 10.6 Å². The van der Waals surface area contributed by atoms with Crippen molar-refractivity contribution in [2.24, 2.45) is 0 Å². The van der Waals surface area contributed by atoms with Crippen LogP contribution < -0.4 is 10.3 Å². The monoisotopic (exact) mass is 550 g/mol. The highest BCUT2D eigenvalue weighted by Crippen LogP contribution is 2.37. The third-order valence-electron chi connectivity index (χ3n) is 5.70. The third-order valence-corrected chi connectivity index (χ3v) is 7.84. The molecule has 0 fully saturated rings. The zero-order valence-corrected chi connectivity index (χ0v) is 21.7. The molecule has 0 unspecified atom stereocenters. The van der Waals surface area contributed by atoms with E-state index in [0.29, 0.717) is 37.4 Å². The van der Waals surface area contributed by atoms with Crippen molar-refractivity contribution in [1.29, 1.82) is 0 Å². The van der Waals surface area contributed by atoms with Gasteiger partial charge in [0.2, 0.25) is 0 Å². The fourth-order valence-electron chi connectivity index (χ4n) is 3.88. The number of aromatic hydroxyl groups is 2. The van der Waals surface area contributed by atoms with Crippen molar-refractivity contribution in [3.63, 3.8) is 0 Å². The molecule has 0 amide bonds. The normalized spacial score (nSPS) is 11.1. The van der Waals surface area contributed by atoms with Crippen LogP contribution in [-0.4, -0.2) is 38.4 Å². The number of aromatic nitrogens is 2. The minimum atomic E-state index is -0.382. The fraction of sp³-hybridized carbons (Fsp3) is 0.0741. The molecule has 7 nitrogen and oxygen atoms in total. The fourth-order valence-corrected chi connectivity index (χ4v) is 6.00. The average molecular weight is 551 g/mol. The van der Waals surface area contributed by atoms with Gasteiger partial charge in [0.05, 0.1) is 23.9 Å². The van der Waals surface area contributed by atoms with Crippen LogP contribution in [0.15, 0.2) is 82.1 Å². The largest absolute Gasteiger partial charge is 0.504 e. The summed E-state index contributed by atoms with van der Waals surface area (Å²) in [5.41, 5.74) is 1.80. The Balaban J connectivity index is 1.65. The van der Waals surface area contributed by atoms with Crippen molar-refractivity contribution in [2.45, 2.75) is 5.16 Å². The maximum absolute atomic E-state index is 14.1. The first-order valence-electron chi connectivity index (χ1n) is 11.0. The van der Waals surface area contributed by atoms with Crippen molar-refractivity contribution < 1.29 is 19.7 Å². The van der Waals surface area contributed by atoms with Crippen molar-refractivity contribution in [3.05, 3.63) is 93.0 Å². The van der Waals surface area contributed by atoms with E-state index in [9.17, 15) is 19.8 Å². The quantitative estimate of drug-likeness (QED) is 0.108. The highest BCUT2D eigenvalue weighted by atomic mass is 35.5. The van der Waals surface area contributed by atoms with Crippen LogP contribution >= 0.6 is 34.7 Å². The number of ketones is 1. The van der Waals surface area contributed by atoms with Gasteiger partial charge in [-0.25, -0.2) is 4.98 Å². The molecule has 0 spiro atoms. The number of phenols is 2. The highest BCUT2D eigenvalue weighted by molar-refractivity contribution is 7.99. The van der Waals surface area contributed by atoms with Crippen LogP contribution in [0.1, 0.15) is 10.4 Å². The minimum absolute atomic E-state index is 0.0555. The van der Waals surface area contributed by atoms with E-state index < -0.39 is 0 Å². The molecule has 0 saturated heterocycles. The van der Waals surface area contributed by atoms with Crippen LogP contribution in [0.5, 0.6) is 17.2 Å². The minimum Gasteiger partial charge on any atom is -0.504 e. The molecule has 37 heavy (non-hydrogen) atoms. The molecule has 0 bridgehead atoms. The maximum atomic E-state index is 14.1. The summed E-state index contributed by atoms with van der Waals surface area (Å²) in [6.45, 7) is 0. The number of para-hydroxylation sites is 2. The number of phenolic OH excluding ortho intramolecular Hbond substituents is 2. The Bertz CT molecular complexity index is 1710. The second kappa shape index (κ2) is 10.3. The van der Waals surface area contributed by atoms with E-state index in [1.807, 2.05) is 23.6 Å². The number of methoxy groups -OCH3 is 1. The summed E-state index contributed by atoms with van der Waals surface area (Å²) in [6.07, 6.45) is 0. The summed E-state index contributed by atoms with van der Waals surface area (Å²) in [5.74, 6) is -0.582. The molecular formula is C27H19ClN2O5S2. The van der Waals surface area contributed by atoms with Gasteiger partial charge >= 0.3 is 0 Å². The van der Waals surface area contributed by atoms with Gasteiger partial charge in [-0.05, 0) is 36.4 Å². The lowest BCUT2D eigenvalue weighted by Crippen LogP contribution is -2.22. The number of halogens is 1. The Morgan fingerprint density at radius 1 is 1.05 bits per heavy atom. The molecular weight excluding hydrogens is 532 g/mol. The van der Waals surface area contributed by atoms with Gasteiger partial charge in [0.25, 0.3) is 5.56 Å². The second-order valence-electron chi connectivity index (χ2n) is 7.93. The molecule has 2 aromatic heterocycles. The van der Waals surface area contributed by atoms with Crippen LogP contribution in [0, 0.1) is 0 Å². The number of benzene rings is 3. The van der Waals surface area contributed by atoms with Gasteiger partial charge in [-0.15, -0.1) is 11.3 Å². The van der Waals surface area contributed by atoms with E-state index in [-0.39, 0.29) is 34.2 Å². The van der Waals surface area contributed by atoms with E-state index in [0.717, 1.165) is 17.3 Å². The predicted molar refractivity (Wildman–Crippen MR) is 147 cm³/mol. The van der Waals surface area contributed by atoms with Crippen LogP contribution in [0.25, 0.3) is 27.0 Å². The van der Waals surface area contributed by atoms with Gasteiger partial charge in [-0.2, -0.15) is 0 Å². The summed E-state index contributed by atoms with van der Waals surface area (Å²) in [6, 6.07) is 18.3. The lowest BCUT2D eigenvalue weighted by molar-refractivity contribution is 0.102. The molecule has 0 aliphatic rings. The topological polar surface area (TPSA) is 102 Å². The smallest absolute Gasteiger partial charge is 0.268 e. The number of carbonyl (C=O) groups excluding carboxylic acids is 1. The molecule has 0 saturated carbocycles. The maximum Gasteiger partial charge on any atom is 0.268 e. The van der Waals surface area contributed by atoms with Crippen LogP contribution in [-0.2, 0) is 0 Å². The number of carbonyl (C=O) groups is 1. The van der Waals surface area contributed by atoms with E-state index >= 15 is 0 Å². The summed E-state index contributed by atoms with van der Waals surface area (Å²) >= 11 is 8.86. The molecule has 3 aromatic carbocycles. The van der Waals surface area contributed by atoms with Gasteiger partial charge in [-0.1, -0.05) is 53.7 Å². The summed E-state index contributed by atoms with van der Waals surface area (Å²) in [4.78, 5) is 32.2. The van der Waals surface area contributed by atoms with Crippen molar-refractivity contribution in [2.75, 3.05) is 12.9 Å². The highest BCUT2D eigenvalue weighted by Gasteiger charge is 2.22. The number of nitrogens with zero attached hydrogens (tertiary/aromatic N) is 2. The van der Waals surface area contributed by atoms with Crippen molar-refractivity contribution in [1.82, 2.24) is 9.55 Å². The molecule has 0 radical (unpaired) electrons.